The normalized spacial score (nSPS) is 15.6. The molecule has 1 aromatic carbocycles. The predicted octanol–water partition coefficient (Wildman–Crippen LogP) is 2.20. The van der Waals surface area contributed by atoms with E-state index in [1.165, 1.54) is 23.8 Å². The lowest BCUT2D eigenvalue weighted by atomic mass is 10.1. The Kier molecular flexibility index (Phi) is 3.13. The first-order valence-electron chi connectivity index (χ1n) is 5.58. The summed E-state index contributed by atoms with van der Waals surface area (Å²) < 4.78 is 13.0. The molecule has 3 nitrogen and oxygen atoms in total. The molecule has 0 saturated heterocycles. The average molecular weight is 234 g/mol. The molecule has 1 aliphatic rings. The van der Waals surface area contributed by atoms with E-state index < -0.39 is 5.82 Å². The Labute approximate surface area is 99.7 Å². The highest BCUT2D eigenvalue weighted by molar-refractivity contribution is 5.95. The van der Waals surface area contributed by atoms with Crippen LogP contribution in [0.2, 0.25) is 0 Å². The van der Waals surface area contributed by atoms with Gasteiger partial charge in [-0.15, -0.1) is 0 Å². The van der Waals surface area contributed by atoms with Crippen molar-refractivity contribution in [2.24, 2.45) is 0 Å². The largest absolute Gasteiger partial charge is 0.396 e. The van der Waals surface area contributed by atoms with E-state index in [9.17, 15) is 9.18 Å². The number of nitrogens with zero attached hydrogens (tertiary/aromatic N) is 1. The van der Waals surface area contributed by atoms with Gasteiger partial charge in [0.2, 0.25) is 0 Å². The molecule has 0 saturated carbocycles. The van der Waals surface area contributed by atoms with E-state index in [1.54, 1.807) is 4.90 Å². The van der Waals surface area contributed by atoms with Gasteiger partial charge in [-0.05, 0) is 31.5 Å². The van der Waals surface area contributed by atoms with Crippen molar-refractivity contribution in [1.82, 2.24) is 4.90 Å². The first-order chi connectivity index (χ1) is 8.08. The Morgan fingerprint density at radius 2 is 2.24 bits per heavy atom. The summed E-state index contributed by atoms with van der Waals surface area (Å²) in [5.41, 5.74) is 7.21. The van der Waals surface area contributed by atoms with Gasteiger partial charge in [-0.3, -0.25) is 4.79 Å². The summed E-state index contributed by atoms with van der Waals surface area (Å²) in [5.74, 6) is -0.587. The second kappa shape index (κ2) is 4.57. The number of amides is 1. The van der Waals surface area contributed by atoms with Crippen LogP contribution in [0.1, 0.15) is 23.7 Å². The van der Waals surface area contributed by atoms with Crippen molar-refractivity contribution in [2.45, 2.75) is 13.3 Å². The maximum Gasteiger partial charge on any atom is 0.254 e. The van der Waals surface area contributed by atoms with Crippen LogP contribution in [-0.4, -0.2) is 23.9 Å². The summed E-state index contributed by atoms with van der Waals surface area (Å²) in [6, 6.07) is 4.09. The predicted molar refractivity (Wildman–Crippen MR) is 65.1 cm³/mol. The van der Waals surface area contributed by atoms with Crippen LogP contribution in [0.25, 0.3) is 0 Å². The number of hydrogen-bond donors (Lipinski definition) is 1. The van der Waals surface area contributed by atoms with Gasteiger partial charge in [-0.1, -0.05) is 11.6 Å². The fourth-order valence-corrected chi connectivity index (χ4v) is 1.81. The standard InChI is InChI=1S/C13H15FN2O/c1-9-4-6-16(7-5-9)13(17)10-2-3-11(14)12(15)8-10/h2-4,8H,5-7,15H2,1H3. The van der Waals surface area contributed by atoms with Crippen LogP contribution in [-0.2, 0) is 0 Å². The number of hydrogen-bond acceptors (Lipinski definition) is 2. The highest BCUT2D eigenvalue weighted by Gasteiger charge is 2.18. The van der Waals surface area contributed by atoms with Crippen LogP contribution < -0.4 is 5.73 Å². The van der Waals surface area contributed by atoms with Gasteiger partial charge in [-0.2, -0.15) is 0 Å². The Morgan fingerprint density at radius 3 is 2.82 bits per heavy atom. The van der Waals surface area contributed by atoms with Crippen molar-refractivity contribution in [3.8, 4) is 0 Å². The fraction of sp³-hybridized carbons (Fsp3) is 0.308. The molecule has 1 heterocycles. The average Bonchev–Trinajstić information content (AvgIpc) is 2.33. The van der Waals surface area contributed by atoms with Crippen LogP contribution in [0.4, 0.5) is 10.1 Å². The molecule has 0 aliphatic carbocycles. The smallest absolute Gasteiger partial charge is 0.254 e. The van der Waals surface area contributed by atoms with Crippen molar-refractivity contribution < 1.29 is 9.18 Å². The van der Waals surface area contributed by atoms with Gasteiger partial charge in [0.05, 0.1) is 5.69 Å². The molecule has 0 bridgehead atoms. The molecule has 0 fully saturated rings. The number of anilines is 1. The van der Waals surface area contributed by atoms with E-state index >= 15 is 0 Å². The zero-order valence-corrected chi connectivity index (χ0v) is 9.74. The number of nitrogen functional groups attached to an aromatic ring is 1. The number of carbonyl (C=O) groups is 1. The Balaban J connectivity index is 2.17. The third-order valence-electron chi connectivity index (χ3n) is 2.97. The number of halogens is 1. The summed E-state index contributed by atoms with van der Waals surface area (Å²) in [4.78, 5) is 13.8. The summed E-state index contributed by atoms with van der Waals surface area (Å²) in [5, 5.41) is 0. The minimum atomic E-state index is -0.490. The molecule has 0 unspecified atom stereocenters. The lowest BCUT2D eigenvalue weighted by molar-refractivity contribution is 0.0769. The number of nitrogens with two attached hydrogens (primary N) is 1. The number of rotatable bonds is 1. The Morgan fingerprint density at radius 1 is 1.47 bits per heavy atom. The van der Waals surface area contributed by atoms with Crippen LogP contribution in [0.3, 0.4) is 0 Å². The van der Waals surface area contributed by atoms with E-state index in [4.69, 9.17) is 5.73 Å². The topological polar surface area (TPSA) is 46.3 Å². The van der Waals surface area contributed by atoms with Crippen molar-refractivity contribution in [3.05, 3.63) is 41.2 Å². The molecule has 17 heavy (non-hydrogen) atoms. The zero-order chi connectivity index (χ0) is 12.4. The van der Waals surface area contributed by atoms with E-state index in [-0.39, 0.29) is 11.6 Å². The van der Waals surface area contributed by atoms with Crippen LogP contribution in [0.15, 0.2) is 29.8 Å². The maximum atomic E-state index is 13.0. The lowest BCUT2D eigenvalue weighted by Crippen LogP contribution is -2.34. The van der Waals surface area contributed by atoms with E-state index in [0.29, 0.717) is 18.7 Å². The molecule has 1 aromatic rings. The Hall–Kier alpha value is -1.84. The van der Waals surface area contributed by atoms with Crippen LogP contribution in [0.5, 0.6) is 0 Å². The number of benzene rings is 1. The first-order valence-corrected chi connectivity index (χ1v) is 5.58. The van der Waals surface area contributed by atoms with Crippen molar-refractivity contribution >= 4 is 11.6 Å². The second-order valence-corrected chi connectivity index (χ2v) is 4.29. The SMILES string of the molecule is CC1=CCN(C(=O)c2ccc(F)c(N)c2)CC1. The molecule has 0 aromatic heterocycles. The molecule has 90 valence electrons. The van der Waals surface area contributed by atoms with Gasteiger partial charge in [0.15, 0.2) is 0 Å². The van der Waals surface area contributed by atoms with Gasteiger partial charge in [0.1, 0.15) is 5.82 Å². The second-order valence-electron chi connectivity index (χ2n) is 4.29. The van der Waals surface area contributed by atoms with E-state index in [0.717, 1.165) is 6.42 Å². The van der Waals surface area contributed by atoms with Crippen molar-refractivity contribution in [3.63, 3.8) is 0 Å². The summed E-state index contributed by atoms with van der Waals surface area (Å²) in [7, 11) is 0. The van der Waals surface area contributed by atoms with Gasteiger partial charge < -0.3 is 10.6 Å². The third-order valence-corrected chi connectivity index (χ3v) is 2.97. The molecule has 1 aliphatic heterocycles. The molecular weight excluding hydrogens is 219 g/mol. The highest BCUT2D eigenvalue weighted by Crippen LogP contribution is 2.16. The molecule has 4 heteroatoms. The molecule has 0 atom stereocenters. The maximum absolute atomic E-state index is 13.0. The van der Waals surface area contributed by atoms with Gasteiger partial charge in [0.25, 0.3) is 5.91 Å². The molecule has 2 rings (SSSR count). The summed E-state index contributed by atoms with van der Waals surface area (Å²) in [6.45, 7) is 3.37. The Bertz CT molecular complexity index is 482. The highest BCUT2D eigenvalue weighted by atomic mass is 19.1. The van der Waals surface area contributed by atoms with Gasteiger partial charge >= 0.3 is 0 Å². The van der Waals surface area contributed by atoms with Gasteiger partial charge in [0, 0.05) is 18.7 Å². The third kappa shape index (κ3) is 2.46. The van der Waals surface area contributed by atoms with Crippen molar-refractivity contribution in [2.75, 3.05) is 18.8 Å². The van der Waals surface area contributed by atoms with E-state index in [1.807, 2.05) is 6.08 Å². The van der Waals surface area contributed by atoms with Crippen LogP contribution in [0, 0.1) is 5.82 Å². The van der Waals surface area contributed by atoms with Crippen molar-refractivity contribution in [1.29, 1.82) is 0 Å². The molecular formula is C13H15FN2O. The fourth-order valence-electron chi connectivity index (χ4n) is 1.81. The molecule has 0 radical (unpaired) electrons. The molecule has 1 amide bonds. The minimum Gasteiger partial charge on any atom is -0.396 e. The minimum absolute atomic E-state index is 0.0135. The number of carbonyl (C=O) groups excluding carboxylic acids is 1. The molecule has 2 N–H and O–H groups in total. The first kappa shape index (κ1) is 11.6. The van der Waals surface area contributed by atoms with Gasteiger partial charge in [-0.25, -0.2) is 4.39 Å². The summed E-state index contributed by atoms with van der Waals surface area (Å²) >= 11 is 0. The monoisotopic (exact) mass is 234 g/mol. The zero-order valence-electron chi connectivity index (χ0n) is 9.74. The quantitative estimate of drug-likeness (QED) is 0.598. The summed E-state index contributed by atoms with van der Waals surface area (Å²) in [6.07, 6.45) is 2.93. The van der Waals surface area contributed by atoms with E-state index in [2.05, 4.69) is 6.92 Å². The molecule has 0 spiro atoms. The van der Waals surface area contributed by atoms with Crippen LogP contribution >= 0.6 is 0 Å². The lowest BCUT2D eigenvalue weighted by Gasteiger charge is -2.25.